The van der Waals surface area contributed by atoms with Gasteiger partial charge in [0.25, 0.3) is 0 Å². The number of likely N-dealkylation sites (tertiary alicyclic amines) is 1. The van der Waals surface area contributed by atoms with Crippen molar-refractivity contribution in [1.82, 2.24) is 10.2 Å². The largest absolute Gasteiger partial charge is 0.306 e. The third-order valence-corrected chi connectivity index (χ3v) is 2.61. The van der Waals surface area contributed by atoms with Gasteiger partial charge in [-0.2, -0.15) is 0 Å². The highest BCUT2D eigenvalue weighted by Gasteiger charge is 2.12. The summed E-state index contributed by atoms with van der Waals surface area (Å²) in [4.78, 5) is 2.41. The Balaban J connectivity index is 2.20. The topological polar surface area (TPSA) is 15.3 Å². The molecule has 0 aliphatic carbocycles. The first-order valence-corrected chi connectivity index (χ1v) is 5.14. The Morgan fingerprint density at radius 2 is 2.23 bits per heavy atom. The highest BCUT2D eigenvalue weighted by molar-refractivity contribution is 4.97. The van der Waals surface area contributed by atoms with E-state index in [-0.39, 0.29) is 0 Å². The molecule has 0 spiro atoms. The van der Waals surface area contributed by atoms with E-state index in [2.05, 4.69) is 29.1 Å². The van der Waals surface area contributed by atoms with Gasteiger partial charge >= 0.3 is 0 Å². The highest BCUT2D eigenvalue weighted by atomic mass is 15.1. The van der Waals surface area contributed by atoms with Crippen LogP contribution in [0.2, 0.25) is 0 Å². The fraction of sp³-hybridized carbons (Fsp3) is 0.818. The van der Waals surface area contributed by atoms with Gasteiger partial charge in [-0.15, -0.1) is 5.92 Å². The molecule has 1 aliphatic rings. The third-order valence-electron chi connectivity index (χ3n) is 2.61. The summed E-state index contributed by atoms with van der Waals surface area (Å²) in [6, 6.07) is 0.686. The molecule has 1 saturated heterocycles. The summed E-state index contributed by atoms with van der Waals surface area (Å²) >= 11 is 0. The van der Waals surface area contributed by atoms with E-state index < -0.39 is 0 Å². The average molecular weight is 180 g/mol. The molecule has 0 aromatic rings. The minimum atomic E-state index is 0.686. The molecule has 1 atom stereocenters. The summed E-state index contributed by atoms with van der Waals surface area (Å²) < 4.78 is 0. The summed E-state index contributed by atoms with van der Waals surface area (Å²) in [6.07, 6.45) is 3.88. The van der Waals surface area contributed by atoms with Crippen LogP contribution in [0, 0.1) is 11.8 Å². The molecule has 13 heavy (non-hydrogen) atoms. The lowest BCUT2D eigenvalue weighted by atomic mass is 10.1. The number of nitrogens with one attached hydrogen (secondary N) is 1. The number of hydrogen-bond acceptors (Lipinski definition) is 2. The zero-order valence-electron chi connectivity index (χ0n) is 8.77. The Morgan fingerprint density at radius 1 is 1.38 bits per heavy atom. The van der Waals surface area contributed by atoms with Crippen LogP contribution in [0.15, 0.2) is 0 Å². The lowest BCUT2D eigenvalue weighted by Crippen LogP contribution is -2.30. The molecule has 1 fully saturated rings. The Bertz CT molecular complexity index is 190. The highest BCUT2D eigenvalue weighted by Crippen LogP contribution is 2.08. The number of hydrogen-bond donors (Lipinski definition) is 1. The van der Waals surface area contributed by atoms with E-state index >= 15 is 0 Å². The normalized spacial score (nSPS) is 24.6. The smallest absolute Gasteiger partial charge is 0.0578 e. The van der Waals surface area contributed by atoms with Crippen LogP contribution in [0.4, 0.5) is 0 Å². The van der Waals surface area contributed by atoms with E-state index in [1.54, 1.807) is 0 Å². The van der Waals surface area contributed by atoms with Crippen molar-refractivity contribution in [3.63, 3.8) is 0 Å². The second-order valence-electron chi connectivity index (χ2n) is 3.74. The van der Waals surface area contributed by atoms with Crippen molar-refractivity contribution < 1.29 is 0 Å². The van der Waals surface area contributed by atoms with Crippen molar-refractivity contribution in [1.29, 1.82) is 0 Å². The molecule has 0 saturated carbocycles. The minimum absolute atomic E-state index is 0.686. The minimum Gasteiger partial charge on any atom is -0.306 e. The zero-order valence-corrected chi connectivity index (χ0v) is 8.77. The van der Waals surface area contributed by atoms with Gasteiger partial charge in [-0.3, -0.25) is 0 Å². The van der Waals surface area contributed by atoms with Crippen molar-refractivity contribution in [2.24, 2.45) is 0 Å². The van der Waals surface area contributed by atoms with E-state index in [0.29, 0.717) is 6.04 Å². The van der Waals surface area contributed by atoms with Crippen LogP contribution in [-0.4, -0.2) is 37.6 Å². The first-order valence-electron chi connectivity index (χ1n) is 5.14. The van der Waals surface area contributed by atoms with Crippen molar-refractivity contribution in [3.8, 4) is 11.8 Å². The molecule has 1 N–H and O–H groups in total. The van der Waals surface area contributed by atoms with Gasteiger partial charge in [0.2, 0.25) is 0 Å². The maximum Gasteiger partial charge on any atom is 0.0578 e. The predicted octanol–water partition coefficient (Wildman–Crippen LogP) is 1.08. The molecular formula is C11H20N2. The molecule has 0 radical (unpaired) electrons. The van der Waals surface area contributed by atoms with Crippen molar-refractivity contribution in [2.45, 2.75) is 32.2 Å². The van der Waals surface area contributed by atoms with E-state index in [9.17, 15) is 0 Å². The molecule has 0 amide bonds. The monoisotopic (exact) mass is 180 g/mol. The molecule has 1 rings (SSSR count). The second kappa shape index (κ2) is 6.01. The summed E-state index contributed by atoms with van der Waals surface area (Å²) in [5.74, 6) is 5.96. The molecular weight excluding hydrogens is 160 g/mol. The average Bonchev–Trinajstić information content (AvgIpc) is 2.32. The summed E-state index contributed by atoms with van der Waals surface area (Å²) in [5.41, 5.74) is 0. The fourth-order valence-corrected chi connectivity index (χ4v) is 1.73. The fourth-order valence-electron chi connectivity index (χ4n) is 1.73. The number of nitrogens with zero attached hydrogens (tertiary/aromatic N) is 1. The van der Waals surface area contributed by atoms with Gasteiger partial charge in [0.15, 0.2) is 0 Å². The molecule has 0 aromatic carbocycles. The molecule has 74 valence electrons. The van der Waals surface area contributed by atoms with Gasteiger partial charge in [-0.1, -0.05) is 5.92 Å². The lowest BCUT2D eigenvalue weighted by molar-refractivity contribution is 0.344. The number of rotatable bonds is 2. The first kappa shape index (κ1) is 10.6. The summed E-state index contributed by atoms with van der Waals surface area (Å²) in [7, 11) is 2.20. The van der Waals surface area contributed by atoms with Crippen LogP contribution < -0.4 is 5.32 Å². The maximum absolute atomic E-state index is 3.48. The zero-order chi connectivity index (χ0) is 9.52. The quantitative estimate of drug-likeness (QED) is 0.640. The third kappa shape index (κ3) is 4.31. The van der Waals surface area contributed by atoms with Crippen LogP contribution in [0.3, 0.4) is 0 Å². The SMILES string of the molecule is CC#CCNC1CCCN(C)CC1. The van der Waals surface area contributed by atoms with Gasteiger partial charge in [-0.25, -0.2) is 0 Å². The Kier molecular flexibility index (Phi) is 4.88. The van der Waals surface area contributed by atoms with Crippen molar-refractivity contribution >= 4 is 0 Å². The molecule has 2 nitrogen and oxygen atoms in total. The van der Waals surface area contributed by atoms with Gasteiger partial charge < -0.3 is 10.2 Å². The standard InChI is InChI=1S/C11H20N2/c1-3-4-8-12-11-6-5-9-13(2)10-7-11/h11-12H,5-10H2,1-2H3. The molecule has 1 heterocycles. The van der Waals surface area contributed by atoms with Crippen molar-refractivity contribution in [3.05, 3.63) is 0 Å². The van der Waals surface area contributed by atoms with Crippen LogP contribution >= 0.6 is 0 Å². The predicted molar refractivity (Wildman–Crippen MR) is 56.6 cm³/mol. The van der Waals surface area contributed by atoms with Crippen LogP contribution in [0.1, 0.15) is 26.2 Å². The molecule has 1 aliphatic heterocycles. The van der Waals surface area contributed by atoms with Crippen LogP contribution in [-0.2, 0) is 0 Å². The van der Waals surface area contributed by atoms with Crippen LogP contribution in [0.25, 0.3) is 0 Å². The molecule has 0 aromatic heterocycles. The van der Waals surface area contributed by atoms with E-state index in [1.165, 1.54) is 32.4 Å². The lowest BCUT2D eigenvalue weighted by Gasteiger charge is -2.14. The Hall–Kier alpha value is -0.520. The summed E-state index contributed by atoms with van der Waals surface area (Å²) in [6.45, 7) is 5.21. The summed E-state index contributed by atoms with van der Waals surface area (Å²) in [5, 5.41) is 3.48. The molecule has 1 unspecified atom stereocenters. The van der Waals surface area contributed by atoms with Gasteiger partial charge in [-0.05, 0) is 46.3 Å². The molecule has 0 bridgehead atoms. The van der Waals surface area contributed by atoms with Crippen molar-refractivity contribution in [2.75, 3.05) is 26.7 Å². The van der Waals surface area contributed by atoms with Gasteiger partial charge in [0, 0.05) is 6.04 Å². The van der Waals surface area contributed by atoms with Gasteiger partial charge in [0.05, 0.1) is 6.54 Å². The first-order chi connectivity index (χ1) is 6.33. The van der Waals surface area contributed by atoms with Crippen LogP contribution in [0.5, 0.6) is 0 Å². The van der Waals surface area contributed by atoms with E-state index in [0.717, 1.165) is 6.54 Å². The van der Waals surface area contributed by atoms with E-state index in [1.807, 2.05) is 6.92 Å². The van der Waals surface area contributed by atoms with E-state index in [4.69, 9.17) is 0 Å². The Labute approximate surface area is 81.7 Å². The van der Waals surface area contributed by atoms with Gasteiger partial charge in [0.1, 0.15) is 0 Å². The second-order valence-corrected chi connectivity index (χ2v) is 3.74. The Morgan fingerprint density at radius 3 is 3.00 bits per heavy atom. The maximum atomic E-state index is 3.48. The molecule has 2 heteroatoms.